The van der Waals surface area contributed by atoms with Crippen LogP contribution in [0, 0.1) is 17.8 Å². The van der Waals surface area contributed by atoms with E-state index in [2.05, 4.69) is 27.7 Å². The molecule has 0 saturated carbocycles. The van der Waals surface area contributed by atoms with E-state index in [9.17, 15) is 0 Å². The molecular weight excluding hydrogens is 182 g/mol. The minimum Gasteiger partial charge on any atom is -0.321 e. The molecule has 2 fully saturated rings. The molecule has 0 radical (unpaired) electrons. The highest BCUT2D eigenvalue weighted by Crippen LogP contribution is 2.38. The zero-order valence-electron chi connectivity index (χ0n) is 11.0. The number of quaternary nitrogens is 1. The van der Waals surface area contributed by atoms with E-state index in [1.807, 2.05) is 0 Å². The van der Waals surface area contributed by atoms with Crippen molar-refractivity contribution in [1.82, 2.24) is 0 Å². The van der Waals surface area contributed by atoms with Gasteiger partial charge in [0.05, 0.1) is 25.7 Å². The standard InChI is InChI=1S/C14H28N/c1-11-9-12(2)13(3)14(4)15(10-11)7-5-6-8-15/h11-14H,5-10H2,1-4H3/q+1. The molecule has 2 heterocycles. The second kappa shape index (κ2) is 4.08. The molecule has 1 spiro atoms. The molecule has 15 heavy (non-hydrogen) atoms. The molecule has 2 aliphatic rings. The average molecular weight is 210 g/mol. The number of hydrogen-bond acceptors (Lipinski definition) is 0. The van der Waals surface area contributed by atoms with Crippen LogP contribution in [0.1, 0.15) is 47.0 Å². The Hall–Kier alpha value is -0.0400. The maximum Gasteiger partial charge on any atom is 0.0890 e. The molecule has 2 aliphatic heterocycles. The third-order valence-corrected chi connectivity index (χ3v) is 5.43. The zero-order chi connectivity index (χ0) is 11.1. The fraction of sp³-hybridized carbons (Fsp3) is 1.00. The van der Waals surface area contributed by atoms with Crippen LogP contribution in [0.25, 0.3) is 0 Å². The van der Waals surface area contributed by atoms with Gasteiger partial charge < -0.3 is 4.48 Å². The Morgan fingerprint density at radius 1 is 0.933 bits per heavy atom. The Bertz CT molecular complexity index is 217. The summed E-state index contributed by atoms with van der Waals surface area (Å²) < 4.78 is 1.45. The highest BCUT2D eigenvalue weighted by Gasteiger charge is 2.44. The van der Waals surface area contributed by atoms with E-state index in [1.54, 1.807) is 0 Å². The van der Waals surface area contributed by atoms with E-state index in [0.29, 0.717) is 0 Å². The van der Waals surface area contributed by atoms with Crippen molar-refractivity contribution >= 4 is 0 Å². The van der Waals surface area contributed by atoms with Crippen LogP contribution in [-0.2, 0) is 0 Å². The van der Waals surface area contributed by atoms with Crippen molar-refractivity contribution in [3.05, 3.63) is 0 Å². The van der Waals surface area contributed by atoms with Crippen LogP contribution in [0.3, 0.4) is 0 Å². The van der Waals surface area contributed by atoms with Crippen LogP contribution in [-0.4, -0.2) is 30.2 Å². The fourth-order valence-electron chi connectivity index (χ4n) is 4.24. The molecule has 4 atom stereocenters. The molecule has 1 heteroatoms. The largest absolute Gasteiger partial charge is 0.321 e. The summed E-state index contributed by atoms with van der Waals surface area (Å²) >= 11 is 0. The Kier molecular flexibility index (Phi) is 3.12. The summed E-state index contributed by atoms with van der Waals surface area (Å²) in [5.74, 6) is 2.77. The summed E-state index contributed by atoms with van der Waals surface area (Å²) in [6.45, 7) is 14.3. The molecule has 0 aromatic rings. The summed E-state index contributed by atoms with van der Waals surface area (Å²) in [6.07, 6.45) is 4.39. The van der Waals surface area contributed by atoms with E-state index < -0.39 is 0 Å². The first-order chi connectivity index (χ1) is 7.05. The van der Waals surface area contributed by atoms with Gasteiger partial charge >= 0.3 is 0 Å². The highest BCUT2D eigenvalue weighted by atomic mass is 15.4. The summed E-state index contributed by atoms with van der Waals surface area (Å²) in [5.41, 5.74) is 0. The lowest BCUT2D eigenvalue weighted by Gasteiger charge is -2.42. The predicted molar refractivity (Wildman–Crippen MR) is 65.7 cm³/mol. The van der Waals surface area contributed by atoms with Crippen molar-refractivity contribution in [3.63, 3.8) is 0 Å². The third-order valence-electron chi connectivity index (χ3n) is 5.43. The van der Waals surface area contributed by atoms with Gasteiger partial charge in [0.15, 0.2) is 0 Å². The minimum atomic E-state index is 0.896. The summed E-state index contributed by atoms with van der Waals surface area (Å²) in [7, 11) is 0. The quantitative estimate of drug-likeness (QED) is 0.538. The maximum absolute atomic E-state index is 2.52. The molecule has 4 unspecified atom stereocenters. The van der Waals surface area contributed by atoms with Gasteiger partial charge in [-0.25, -0.2) is 0 Å². The van der Waals surface area contributed by atoms with E-state index in [1.165, 1.54) is 43.4 Å². The topological polar surface area (TPSA) is 0 Å². The van der Waals surface area contributed by atoms with Crippen LogP contribution in [0.2, 0.25) is 0 Å². The van der Waals surface area contributed by atoms with Gasteiger partial charge in [-0.1, -0.05) is 20.8 Å². The molecule has 0 aromatic carbocycles. The van der Waals surface area contributed by atoms with Gasteiger partial charge in [-0.15, -0.1) is 0 Å². The minimum absolute atomic E-state index is 0.896. The molecule has 0 bridgehead atoms. The van der Waals surface area contributed by atoms with Crippen LogP contribution in [0.15, 0.2) is 0 Å². The maximum atomic E-state index is 2.52. The van der Waals surface area contributed by atoms with Crippen LogP contribution in [0.5, 0.6) is 0 Å². The first kappa shape index (κ1) is 11.4. The van der Waals surface area contributed by atoms with Gasteiger partial charge in [0, 0.05) is 24.7 Å². The van der Waals surface area contributed by atoms with Crippen molar-refractivity contribution in [2.75, 3.05) is 19.6 Å². The summed E-state index contributed by atoms with van der Waals surface area (Å²) in [5, 5.41) is 0. The summed E-state index contributed by atoms with van der Waals surface area (Å²) in [4.78, 5) is 0. The van der Waals surface area contributed by atoms with Gasteiger partial charge in [-0.05, 0) is 19.3 Å². The SMILES string of the molecule is CC1CC(C)C(C)C(C)[N+]2(CCCC2)C1. The van der Waals surface area contributed by atoms with Crippen molar-refractivity contribution in [2.45, 2.75) is 53.0 Å². The smallest absolute Gasteiger partial charge is 0.0890 e. The Balaban J connectivity index is 2.22. The highest BCUT2D eigenvalue weighted by molar-refractivity contribution is 4.78. The lowest BCUT2D eigenvalue weighted by Crippen LogP contribution is -2.55. The zero-order valence-corrected chi connectivity index (χ0v) is 11.0. The molecule has 2 saturated heterocycles. The van der Waals surface area contributed by atoms with Crippen LogP contribution in [0.4, 0.5) is 0 Å². The van der Waals surface area contributed by atoms with Crippen LogP contribution < -0.4 is 0 Å². The lowest BCUT2D eigenvalue weighted by atomic mass is 9.85. The average Bonchev–Trinajstić information content (AvgIpc) is 2.61. The second-order valence-electron chi connectivity index (χ2n) is 6.47. The Morgan fingerprint density at radius 3 is 2.13 bits per heavy atom. The molecule has 0 amide bonds. The Labute approximate surface area is 95.4 Å². The van der Waals surface area contributed by atoms with Gasteiger partial charge in [0.1, 0.15) is 0 Å². The number of rotatable bonds is 0. The van der Waals surface area contributed by atoms with E-state index >= 15 is 0 Å². The molecule has 88 valence electrons. The van der Waals surface area contributed by atoms with Gasteiger partial charge in [0.25, 0.3) is 0 Å². The van der Waals surface area contributed by atoms with Crippen molar-refractivity contribution in [3.8, 4) is 0 Å². The van der Waals surface area contributed by atoms with Crippen molar-refractivity contribution in [2.24, 2.45) is 17.8 Å². The van der Waals surface area contributed by atoms with Gasteiger partial charge in [-0.3, -0.25) is 0 Å². The molecule has 1 nitrogen and oxygen atoms in total. The van der Waals surface area contributed by atoms with Crippen molar-refractivity contribution in [1.29, 1.82) is 0 Å². The number of hydrogen-bond donors (Lipinski definition) is 0. The first-order valence-electron chi connectivity index (χ1n) is 6.91. The summed E-state index contributed by atoms with van der Waals surface area (Å²) in [6, 6.07) is 0.896. The normalized spacial score (nSPS) is 45.6. The number of nitrogens with zero attached hydrogens (tertiary/aromatic N) is 1. The van der Waals surface area contributed by atoms with Crippen LogP contribution >= 0.6 is 0 Å². The molecular formula is C14H28N+. The third kappa shape index (κ3) is 1.95. The lowest BCUT2D eigenvalue weighted by molar-refractivity contribution is -0.943. The molecule has 0 aromatic heterocycles. The monoisotopic (exact) mass is 210 g/mol. The van der Waals surface area contributed by atoms with Gasteiger partial charge in [-0.2, -0.15) is 0 Å². The predicted octanol–water partition coefficient (Wildman–Crippen LogP) is 3.30. The van der Waals surface area contributed by atoms with E-state index in [-0.39, 0.29) is 0 Å². The molecule has 2 rings (SSSR count). The van der Waals surface area contributed by atoms with E-state index in [0.717, 1.165) is 23.8 Å². The molecule has 0 N–H and O–H groups in total. The van der Waals surface area contributed by atoms with Gasteiger partial charge in [0.2, 0.25) is 0 Å². The molecule has 0 aliphatic carbocycles. The van der Waals surface area contributed by atoms with Crippen molar-refractivity contribution < 1.29 is 4.48 Å². The first-order valence-corrected chi connectivity index (χ1v) is 6.91. The second-order valence-corrected chi connectivity index (χ2v) is 6.47. The fourth-order valence-corrected chi connectivity index (χ4v) is 4.24. The van der Waals surface area contributed by atoms with E-state index in [4.69, 9.17) is 0 Å². The Morgan fingerprint density at radius 2 is 1.53 bits per heavy atom.